The lowest BCUT2D eigenvalue weighted by atomic mass is 9.86. The zero-order chi connectivity index (χ0) is 19.3. The Balaban J connectivity index is 2.20. The van der Waals surface area contributed by atoms with E-state index in [0.29, 0.717) is 11.3 Å². The number of rotatable bonds is 9. The number of hydrogen-bond donors (Lipinski definition) is 2. The van der Waals surface area contributed by atoms with Crippen LogP contribution in [0.25, 0.3) is 0 Å². The van der Waals surface area contributed by atoms with E-state index in [0.717, 1.165) is 0 Å². The smallest absolute Gasteiger partial charge is 0.178 e. The van der Waals surface area contributed by atoms with Crippen LogP contribution in [0.2, 0.25) is 0 Å². The van der Waals surface area contributed by atoms with Gasteiger partial charge in [-0.1, -0.05) is 25.1 Å². The van der Waals surface area contributed by atoms with Crippen molar-refractivity contribution in [1.29, 1.82) is 0 Å². The van der Waals surface area contributed by atoms with Gasteiger partial charge in [-0.2, -0.15) is 0 Å². The van der Waals surface area contributed by atoms with Crippen LogP contribution in [0.5, 0.6) is 0 Å². The first-order chi connectivity index (χ1) is 12.3. The van der Waals surface area contributed by atoms with Crippen LogP contribution < -0.4 is 0 Å². The average Bonchev–Trinajstić information content (AvgIpc) is 2.90. The maximum Gasteiger partial charge on any atom is 0.178 e. The fraction of sp³-hybridized carbons (Fsp3) is 0.684. The summed E-state index contributed by atoms with van der Waals surface area (Å²) in [6.45, 7) is 3.54. The van der Waals surface area contributed by atoms with Crippen molar-refractivity contribution in [2.75, 3.05) is 19.5 Å². The van der Waals surface area contributed by atoms with Crippen LogP contribution in [0, 0.1) is 11.8 Å². The molecule has 0 aliphatic carbocycles. The van der Waals surface area contributed by atoms with E-state index in [1.54, 1.807) is 37.4 Å². The topological polar surface area (TPSA) is 93.1 Å². The predicted octanol–water partition coefficient (Wildman–Crippen LogP) is 1.65. The zero-order valence-electron chi connectivity index (χ0n) is 15.6. The summed E-state index contributed by atoms with van der Waals surface area (Å²) in [6.07, 6.45) is -0.613. The number of methoxy groups -OCH3 is 1. The molecule has 0 spiro atoms. The van der Waals surface area contributed by atoms with Gasteiger partial charge in [-0.15, -0.1) is 0 Å². The number of sulfone groups is 1. The van der Waals surface area contributed by atoms with E-state index in [4.69, 9.17) is 14.6 Å². The molecule has 7 heteroatoms. The van der Waals surface area contributed by atoms with E-state index in [-0.39, 0.29) is 48.9 Å². The molecule has 1 aromatic carbocycles. The minimum Gasteiger partial charge on any atom is -0.394 e. The zero-order valence-corrected chi connectivity index (χ0v) is 16.4. The maximum absolute atomic E-state index is 12.8. The molecule has 1 aliphatic rings. The summed E-state index contributed by atoms with van der Waals surface area (Å²) in [5.41, 5.74) is 0. The molecule has 26 heavy (non-hydrogen) atoms. The Bertz CT molecular complexity index is 647. The van der Waals surface area contributed by atoms with Crippen LogP contribution in [0.4, 0.5) is 0 Å². The highest BCUT2D eigenvalue weighted by molar-refractivity contribution is 7.91. The Hall–Kier alpha value is -0.990. The molecule has 6 atom stereocenters. The first-order valence-electron chi connectivity index (χ1n) is 9.03. The van der Waals surface area contributed by atoms with Crippen molar-refractivity contribution < 1.29 is 28.1 Å². The maximum atomic E-state index is 12.8. The van der Waals surface area contributed by atoms with Crippen LogP contribution in [-0.2, 0) is 19.3 Å². The minimum absolute atomic E-state index is 0.00893. The second-order valence-electron chi connectivity index (χ2n) is 7.18. The lowest BCUT2D eigenvalue weighted by Crippen LogP contribution is -2.31. The number of aliphatic hydroxyl groups excluding tert-OH is 2. The molecule has 1 fully saturated rings. The third-order valence-electron chi connectivity index (χ3n) is 5.28. The van der Waals surface area contributed by atoms with Crippen LogP contribution in [0.1, 0.15) is 26.7 Å². The molecule has 2 rings (SSSR count). The van der Waals surface area contributed by atoms with E-state index in [1.807, 2.05) is 13.8 Å². The Morgan fingerprint density at radius 1 is 1.19 bits per heavy atom. The molecule has 2 N–H and O–H groups in total. The lowest BCUT2D eigenvalue weighted by molar-refractivity contribution is -0.0309. The quantitative estimate of drug-likeness (QED) is 0.670. The molecule has 1 aromatic rings. The third-order valence-corrected chi connectivity index (χ3v) is 7.10. The summed E-state index contributed by atoms with van der Waals surface area (Å²) in [4.78, 5) is 0.310. The number of ether oxygens (including phenoxy) is 2. The van der Waals surface area contributed by atoms with Gasteiger partial charge in [0.05, 0.1) is 41.7 Å². The van der Waals surface area contributed by atoms with E-state index in [9.17, 15) is 13.5 Å². The van der Waals surface area contributed by atoms with Crippen molar-refractivity contribution in [3.05, 3.63) is 30.3 Å². The molecule has 0 radical (unpaired) electrons. The molecule has 1 heterocycles. The molecule has 0 amide bonds. The van der Waals surface area contributed by atoms with E-state index in [1.165, 1.54) is 0 Å². The third kappa shape index (κ3) is 5.27. The van der Waals surface area contributed by atoms with Gasteiger partial charge in [-0.05, 0) is 31.4 Å². The van der Waals surface area contributed by atoms with Gasteiger partial charge in [0, 0.05) is 19.4 Å². The molecule has 1 aliphatic heterocycles. The van der Waals surface area contributed by atoms with Gasteiger partial charge in [-0.25, -0.2) is 8.42 Å². The standard InChI is InChI=1S/C19H30O6S/c1-13(24-3)9-19-17(14(2)18(25-19)10-15(21)11-20)12-26(22,23)16-7-5-4-6-8-16/h4-8,13-15,17-21H,9-12H2,1-3H3/t13?,14-,15+,17-,18-,19+/m1/s1. The van der Waals surface area contributed by atoms with Crippen molar-refractivity contribution in [2.45, 2.75) is 56.0 Å². The van der Waals surface area contributed by atoms with Crippen molar-refractivity contribution in [2.24, 2.45) is 11.8 Å². The molecule has 148 valence electrons. The highest BCUT2D eigenvalue weighted by atomic mass is 32.2. The average molecular weight is 387 g/mol. The highest BCUT2D eigenvalue weighted by Gasteiger charge is 2.44. The summed E-state index contributed by atoms with van der Waals surface area (Å²) in [5, 5.41) is 18.9. The molecule has 0 bridgehead atoms. The summed E-state index contributed by atoms with van der Waals surface area (Å²) in [7, 11) is -1.83. The number of benzene rings is 1. The van der Waals surface area contributed by atoms with Crippen molar-refractivity contribution >= 4 is 9.84 Å². The highest BCUT2D eigenvalue weighted by Crippen LogP contribution is 2.38. The van der Waals surface area contributed by atoms with Crippen LogP contribution in [0.3, 0.4) is 0 Å². The molecule has 0 saturated carbocycles. The summed E-state index contributed by atoms with van der Waals surface area (Å²) in [6, 6.07) is 8.43. The van der Waals surface area contributed by atoms with Gasteiger partial charge in [0.2, 0.25) is 0 Å². The van der Waals surface area contributed by atoms with Gasteiger partial charge in [0.1, 0.15) is 0 Å². The van der Waals surface area contributed by atoms with E-state index >= 15 is 0 Å². The minimum atomic E-state index is -3.44. The van der Waals surface area contributed by atoms with Gasteiger partial charge in [0.25, 0.3) is 0 Å². The van der Waals surface area contributed by atoms with Gasteiger partial charge in [-0.3, -0.25) is 0 Å². The van der Waals surface area contributed by atoms with Crippen molar-refractivity contribution in [3.8, 4) is 0 Å². The molecular weight excluding hydrogens is 356 g/mol. The largest absolute Gasteiger partial charge is 0.394 e. The van der Waals surface area contributed by atoms with Crippen LogP contribution in [0.15, 0.2) is 35.2 Å². The predicted molar refractivity (Wildman–Crippen MR) is 98.6 cm³/mol. The number of aliphatic hydroxyl groups is 2. The van der Waals surface area contributed by atoms with Gasteiger partial charge >= 0.3 is 0 Å². The summed E-state index contributed by atoms with van der Waals surface area (Å²) < 4.78 is 37.1. The fourth-order valence-corrected chi connectivity index (χ4v) is 5.36. The molecule has 1 unspecified atom stereocenters. The molecule has 0 aromatic heterocycles. The lowest BCUT2D eigenvalue weighted by Gasteiger charge is -2.23. The Morgan fingerprint density at radius 2 is 1.85 bits per heavy atom. The molecular formula is C19H30O6S. The van der Waals surface area contributed by atoms with Gasteiger partial charge in [0.15, 0.2) is 9.84 Å². The Kier molecular flexibility index (Phi) is 7.61. The SMILES string of the molecule is COC(C)C[C@@H]1O[C@H](C[C@H](O)CO)[C@H](C)[C@H]1CS(=O)(=O)c1ccccc1. The first kappa shape index (κ1) is 21.3. The second kappa shape index (κ2) is 9.28. The Labute approximate surface area is 156 Å². The molecule has 1 saturated heterocycles. The fourth-order valence-electron chi connectivity index (χ4n) is 3.57. The van der Waals surface area contributed by atoms with Crippen molar-refractivity contribution in [3.63, 3.8) is 0 Å². The number of hydrogen-bond acceptors (Lipinski definition) is 6. The van der Waals surface area contributed by atoms with Crippen molar-refractivity contribution in [1.82, 2.24) is 0 Å². The summed E-state index contributed by atoms with van der Waals surface area (Å²) in [5.74, 6) is -0.261. The van der Waals surface area contributed by atoms with Gasteiger partial charge < -0.3 is 19.7 Å². The normalized spacial score (nSPS) is 28.8. The monoisotopic (exact) mass is 386 g/mol. The Morgan fingerprint density at radius 3 is 2.42 bits per heavy atom. The summed E-state index contributed by atoms with van der Waals surface area (Å²) >= 11 is 0. The first-order valence-corrected chi connectivity index (χ1v) is 10.7. The second-order valence-corrected chi connectivity index (χ2v) is 9.22. The van der Waals surface area contributed by atoms with Crippen LogP contribution >= 0.6 is 0 Å². The molecule has 6 nitrogen and oxygen atoms in total. The van der Waals surface area contributed by atoms with E-state index in [2.05, 4.69) is 0 Å². The van der Waals surface area contributed by atoms with E-state index < -0.39 is 15.9 Å². The van der Waals surface area contributed by atoms with Crippen LogP contribution in [-0.4, -0.2) is 62.5 Å².